The fourth-order valence-corrected chi connectivity index (χ4v) is 2.91. The molecule has 0 saturated carbocycles. The number of hydrogen-bond acceptors (Lipinski definition) is 3. The molecule has 1 aliphatic rings. The van der Waals surface area contributed by atoms with E-state index in [2.05, 4.69) is 27.5 Å². The van der Waals surface area contributed by atoms with Crippen LogP contribution in [0.4, 0.5) is 0 Å². The van der Waals surface area contributed by atoms with Crippen LogP contribution in [0.15, 0.2) is 12.3 Å². The standard InChI is InChI=1S/C14H18ClN3O/c1-9-5-12-14(16-7-9)18(13(6-15)17-12)8-11-3-4-19-10(11)2/h5,7,10-11H,3-4,6,8H2,1-2H3. The van der Waals surface area contributed by atoms with Crippen LogP contribution in [0.3, 0.4) is 0 Å². The number of hydrogen-bond donors (Lipinski definition) is 0. The third-order valence-corrected chi connectivity index (χ3v) is 4.11. The number of fused-ring (bicyclic) bond motifs is 1. The van der Waals surface area contributed by atoms with Crippen molar-refractivity contribution in [2.45, 2.75) is 38.8 Å². The molecule has 2 unspecified atom stereocenters. The van der Waals surface area contributed by atoms with Gasteiger partial charge in [0.05, 0.1) is 12.0 Å². The normalized spacial score (nSPS) is 23.3. The van der Waals surface area contributed by atoms with E-state index in [4.69, 9.17) is 16.3 Å². The van der Waals surface area contributed by atoms with Gasteiger partial charge >= 0.3 is 0 Å². The first-order valence-corrected chi connectivity index (χ1v) is 7.22. The third-order valence-electron chi connectivity index (χ3n) is 3.87. The molecule has 0 N–H and O–H groups in total. The Morgan fingerprint density at radius 1 is 1.53 bits per heavy atom. The van der Waals surface area contributed by atoms with Gasteiger partial charge in [-0.3, -0.25) is 0 Å². The van der Waals surface area contributed by atoms with Crippen LogP contribution in [0.5, 0.6) is 0 Å². The van der Waals surface area contributed by atoms with Crippen molar-refractivity contribution in [1.29, 1.82) is 0 Å². The zero-order valence-electron chi connectivity index (χ0n) is 11.3. The lowest BCUT2D eigenvalue weighted by Gasteiger charge is -2.16. The predicted octanol–water partition coefficient (Wildman–Crippen LogP) is 2.90. The Balaban J connectivity index is 2.00. The second-order valence-electron chi connectivity index (χ2n) is 5.25. The van der Waals surface area contributed by atoms with E-state index >= 15 is 0 Å². The van der Waals surface area contributed by atoms with E-state index in [-0.39, 0.29) is 0 Å². The van der Waals surface area contributed by atoms with Gasteiger partial charge in [0.15, 0.2) is 5.65 Å². The molecule has 4 nitrogen and oxygen atoms in total. The van der Waals surface area contributed by atoms with E-state index < -0.39 is 0 Å². The SMILES string of the molecule is Cc1cnc2c(c1)nc(CCl)n2CC1CCOC1C. The molecule has 1 aliphatic heterocycles. The van der Waals surface area contributed by atoms with Crippen LogP contribution in [0.1, 0.15) is 24.7 Å². The minimum Gasteiger partial charge on any atom is -0.378 e. The summed E-state index contributed by atoms with van der Waals surface area (Å²) in [6.45, 7) is 5.89. The maximum atomic E-state index is 6.02. The number of ether oxygens (including phenoxy) is 1. The zero-order chi connectivity index (χ0) is 13.4. The summed E-state index contributed by atoms with van der Waals surface area (Å²) >= 11 is 6.02. The Labute approximate surface area is 117 Å². The van der Waals surface area contributed by atoms with Crippen molar-refractivity contribution in [1.82, 2.24) is 14.5 Å². The van der Waals surface area contributed by atoms with E-state index in [1.165, 1.54) is 0 Å². The number of alkyl halides is 1. The quantitative estimate of drug-likeness (QED) is 0.811. The van der Waals surface area contributed by atoms with Crippen molar-refractivity contribution in [2.75, 3.05) is 6.61 Å². The minimum absolute atomic E-state index is 0.297. The molecular formula is C14H18ClN3O. The van der Waals surface area contributed by atoms with Crippen molar-refractivity contribution in [3.05, 3.63) is 23.7 Å². The molecule has 1 saturated heterocycles. The maximum absolute atomic E-state index is 6.02. The van der Waals surface area contributed by atoms with Gasteiger partial charge in [-0.2, -0.15) is 0 Å². The maximum Gasteiger partial charge on any atom is 0.160 e. The number of aromatic nitrogens is 3. The Hall–Kier alpha value is -1.13. The molecule has 19 heavy (non-hydrogen) atoms. The number of nitrogens with zero attached hydrogens (tertiary/aromatic N) is 3. The van der Waals surface area contributed by atoms with Gasteiger partial charge in [0.2, 0.25) is 0 Å². The first kappa shape index (κ1) is 12.9. The van der Waals surface area contributed by atoms with Crippen molar-refractivity contribution in [3.8, 4) is 0 Å². The molecule has 3 heterocycles. The van der Waals surface area contributed by atoms with E-state index in [9.17, 15) is 0 Å². The first-order valence-electron chi connectivity index (χ1n) is 6.68. The molecule has 2 aromatic rings. The van der Waals surface area contributed by atoms with Crippen LogP contribution in [0.2, 0.25) is 0 Å². The highest BCUT2D eigenvalue weighted by molar-refractivity contribution is 6.16. The van der Waals surface area contributed by atoms with Crippen LogP contribution in [-0.4, -0.2) is 27.2 Å². The van der Waals surface area contributed by atoms with Crippen LogP contribution in [-0.2, 0) is 17.2 Å². The Morgan fingerprint density at radius 2 is 2.37 bits per heavy atom. The van der Waals surface area contributed by atoms with Crippen LogP contribution in [0, 0.1) is 12.8 Å². The monoisotopic (exact) mass is 279 g/mol. The van der Waals surface area contributed by atoms with Crippen molar-refractivity contribution >= 4 is 22.8 Å². The minimum atomic E-state index is 0.297. The van der Waals surface area contributed by atoms with E-state index in [0.29, 0.717) is 17.9 Å². The van der Waals surface area contributed by atoms with Gasteiger partial charge in [0.1, 0.15) is 11.3 Å². The van der Waals surface area contributed by atoms with E-state index in [1.807, 2.05) is 13.1 Å². The summed E-state index contributed by atoms with van der Waals surface area (Å²) in [5, 5.41) is 0. The Morgan fingerprint density at radius 3 is 3.05 bits per heavy atom. The van der Waals surface area contributed by atoms with Crippen molar-refractivity contribution < 1.29 is 4.74 Å². The summed E-state index contributed by atoms with van der Waals surface area (Å²) in [6.07, 6.45) is 3.27. The highest BCUT2D eigenvalue weighted by Crippen LogP contribution is 2.25. The first-order chi connectivity index (χ1) is 9.19. The molecule has 0 aromatic carbocycles. The summed E-state index contributed by atoms with van der Waals surface area (Å²) in [7, 11) is 0. The zero-order valence-corrected chi connectivity index (χ0v) is 12.0. The Kier molecular flexibility index (Phi) is 3.46. The lowest BCUT2D eigenvalue weighted by molar-refractivity contribution is 0.102. The van der Waals surface area contributed by atoms with Crippen LogP contribution < -0.4 is 0 Å². The Bertz CT molecular complexity index is 596. The molecule has 5 heteroatoms. The number of rotatable bonds is 3. The second-order valence-corrected chi connectivity index (χ2v) is 5.52. The molecule has 0 radical (unpaired) electrons. The van der Waals surface area contributed by atoms with Gasteiger partial charge < -0.3 is 9.30 Å². The molecule has 0 amide bonds. The lowest BCUT2D eigenvalue weighted by Crippen LogP contribution is -2.19. The lowest BCUT2D eigenvalue weighted by atomic mass is 10.0. The molecule has 3 rings (SSSR count). The van der Waals surface area contributed by atoms with E-state index in [0.717, 1.165) is 42.1 Å². The number of halogens is 1. The molecule has 0 bridgehead atoms. The number of imidazole rings is 1. The predicted molar refractivity (Wildman–Crippen MR) is 75.3 cm³/mol. The number of pyridine rings is 1. The second kappa shape index (κ2) is 5.10. The van der Waals surface area contributed by atoms with E-state index in [1.54, 1.807) is 0 Å². The summed E-state index contributed by atoms with van der Waals surface area (Å²) in [5.41, 5.74) is 2.98. The topological polar surface area (TPSA) is 39.9 Å². The molecule has 1 fully saturated rings. The smallest absolute Gasteiger partial charge is 0.160 e. The van der Waals surface area contributed by atoms with Gasteiger partial charge in [-0.25, -0.2) is 9.97 Å². The van der Waals surface area contributed by atoms with Gasteiger partial charge in [0.25, 0.3) is 0 Å². The molecule has 2 aromatic heterocycles. The van der Waals surface area contributed by atoms with Gasteiger partial charge in [-0.05, 0) is 31.9 Å². The van der Waals surface area contributed by atoms with Gasteiger partial charge in [-0.1, -0.05) is 0 Å². The summed E-state index contributed by atoms with van der Waals surface area (Å²) < 4.78 is 7.78. The fourth-order valence-electron chi connectivity index (χ4n) is 2.70. The third kappa shape index (κ3) is 2.35. The van der Waals surface area contributed by atoms with Gasteiger partial charge in [0, 0.05) is 25.3 Å². The molecular weight excluding hydrogens is 262 g/mol. The van der Waals surface area contributed by atoms with Crippen LogP contribution >= 0.6 is 11.6 Å². The average molecular weight is 280 g/mol. The molecule has 2 atom stereocenters. The fraction of sp³-hybridized carbons (Fsp3) is 0.571. The summed E-state index contributed by atoms with van der Waals surface area (Å²) in [6, 6.07) is 2.06. The highest BCUT2D eigenvalue weighted by atomic mass is 35.5. The van der Waals surface area contributed by atoms with Gasteiger partial charge in [-0.15, -0.1) is 11.6 Å². The van der Waals surface area contributed by atoms with Crippen molar-refractivity contribution in [3.63, 3.8) is 0 Å². The van der Waals surface area contributed by atoms with Crippen molar-refractivity contribution in [2.24, 2.45) is 5.92 Å². The van der Waals surface area contributed by atoms with Crippen LogP contribution in [0.25, 0.3) is 11.2 Å². The highest BCUT2D eigenvalue weighted by Gasteiger charge is 2.26. The average Bonchev–Trinajstić information content (AvgIpc) is 2.94. The summed E-state index contributed by atoms with van der Waals surface area (Å²) in [4.78, 5) is 9.10. The molecule has 102 valence electrons. The summed E-state index contributed by atoms with van der Waals surface area (Å²) in [5.74, 6) is 1.83. The molecule has 0 spiro atoms. The number of aryl methyl sites for hydroxylation is 1. The largest absolute Gasteiger partial charge is 0.378 e. The molecule has 0 aliphatic carbocycles.